The quantitative estimate of drug-likeness (QED) is 0.528. The van der Waals surface area contributed by atoms with Crippen molar-refractivity contribution in [3.05, 3.63) is 68.7 Å². The first-order chi connectivity index (χ1) is 13.8. The lowest BCUT2D eigenvalue weighted by Gasteiger charge is -2.15. The molecule has 0 fully saturated rings. The molecular formula is C22H16Cl2O5. The number of hydrogen-bond donors (Lipinski definition) is 1. The van der Waals surface area contributed by atoms with E-state index in [-0.39, 0.29) is 30.2 Å². The number of hydrogen-bond acceptors (Lipinski definition) is 5. The van der Waals surface area contributed by atoms with Gasteiger partial charge in [-0.2, -0.15) is 0 Å². The number of esters is 1. The maximum Gasteiger partial charge on any atom is 0.308 e. The fraction of sp³-hybridized carbons (Fsp3) is 0.136. The van der Waals surface area contributed by atoms with Gasteiger partial charge in [-0.15, -0.1) is 0 Å². The molecule has 0 amide bonds. The van der Waals surface area contributed by atoms with E-state index in [0.29, 0.717) is 26.9 Å². The second-order valence-electron chi connectivity index (χ2n) is 6.44. The molecule has 0 spiro atoms. The molecule has 148 valence electrons. The number of halogens is 2. The molecule has 0 radical (unpaired) electrons. The number of ketones is 2. The number of fused-ring (bicyclic) bond motifs is 2. The van der Waals surface area contributed by atoms with Crippen LogP contribution in [0.4, 0.5) is 0 Å². The van der Waals surface area contributed by atoms with Crippen LogP contribution in [0.15, 0.2) is 36.4 Å². The molecule has 2 aliphatic carbocycles. The van der Waals surface area contributed by atoms with E-state index in [4.69, 9.17) is 27.9 Å². The van der Waals surface area contributed by atoms with Crippen molar-refractivity contribution in [2.24, 2.45) is 0 Å². The summed E-state index contributed by atoms with van der Waals surface area (Å²) in [6, 6.07) is 6.39. The fourth-order valence-electron chi connectivity index (χ4n) is 3.04. The molecule has 7 heteroatoms. The average molecular weight is 431 g/mol. The predicted octanol–water partition coefficient (Wildman–Crippen LogP) is 4.59. The number of carbonyl (C=O) groups is 3. The molecule has 4 rings (SSSR count). The van der Waals surface area contributed by atoms with Crippen molar-refractivity contribution in [2.45, 2.75) is 19.8 Å². The number of phenols is 1. The second kappa shape index (κ2) is 8.64. The maximum absolute atomic E-state index is 11.3. The van der Waals surface area contributed by atoms with Gasteiger partial charge in [0.2, 0.25) is 0 Å². The van der Waals surface area contributed by atoms with Gasteiger partial charge in [0.05, 0.1) is 0 Å². The van der Waals surface area contributed by atoms with Crippen molar-refractivity contribution in [3.63, 3.8) is 0 Å². The third kappa shape index (κ3) is 4.75. The van der Waals surface area contributed by atoms with Crippen molar-refractivity contribution in [2.75, 3.05) is 0 Å². The molecule has 0 atom stereocenters. The van der Waals surface area contributed by atoms with Gasteiger partial charge in [-0.25, -0.2) is 0 Å². The van der Waals surface area contributed by atoms with Gasteiger partial charge in [0.15, 0.2) is 11.6 Å². The van der Waals surface area contributed by atoms with Crippen molar-refractivity contribution in [1.29, 1.82) is 0 Å². The molecule has 0 aromatic heterocycles. The zero-order valence-electron chi connectivity index (χ0n) is 15.4. The topological polar surface area (TPSA) is 80.7 Å². The van der Waals surface area contributed by atoms with E-state index in [9.17, 15) is 19.5 Å². The van der Waals surface area contributed by atoms with E-state index < -0.39 is 5.97 Å². The lowest BCUT2D eigenvalue weighted by molar-refractivity contribution is -0.132. The molecule has 0 heterocycles. The SMILES string of the molecule is CC(=O)Oc1ccc(Cl)c2c1CC(=O)C=C2.O=C1C=Cc2c(Cl)ccc(O)c2C1. The number of allylic oxidation sites excluding steroid dienone is 2. The summed E-state index contributed by atoms with van der Waals surface area (Å²) < 4.78 is 5.03. The molecule has 2 aromatic rings. The first kappa shape index (κ1) is 20.8. The molecular weight excluding hydrogens is 415 g/mol. The minimum absolute atomic E-state index is 0.00920. The van der Waals surface area contributed by atoms with Crippen LogP contribution in [0.5, 0.6) is 11.5 Å². The van der Waals surface area contributed by atoms with Gasteiger partial charge in [-0.3, -0.25) is 14.4 Å². The Morgan fingerprint density at radius 1 is 0.862 bits per heavy atom. The first-order valence-corrected chi connectivity index (χ1v) is 9.44. The van der Waals surface area contributed by atoms with Crippen LogP contribution < -0.4 is 4.74 Å². The smallest absolute Gasteiger partial charge is 0.308 e. The van der Waals surface area contributed by atoms with Crippen LogP contribution in [-0.2, 0) is 27.2 Å². The van der Waals surface area contributed by atoms with Gasteiger partial charge in [0.1, 0.15) is 11.5 Å². The average Bonchev–Trinajstić information content (AvgIpc) is 2.67. The van der Waals surface area contributed by atoms with Crippen LogP contribution in [0.25, 0.3) is 12.2 Å². The van der Waals surface area contributed by atoms with Crippen molar-refractivity contribution >= 4 is 52.9 Å². The fourth-order valence-corrected chi connectivity index (χ4v) is 3.52. The van der Waals surface area contributed by atoms with Crippen LogP contribution in [0.3, 0.4) is 0 Å². The summed E-state index contributed by atoms with van der Waals surface area (Å²) in [5.41, 5.74) is 2.80. The largest absolute Gasteiger partial charge is 0.508 e. The standard InChI is InChI=1S/C12H9ClO3.C10H7ClO2/c1-7(14)16-12-5-4-11(13)9-3-2-8(15)6-10(9)12;11-9-3-4-10(13)8-5-6(12)1-2-7(8)9/h2-5H,6H2,1H3;1-4,13H,5H2. The highest BCUT2D eigenvalue weighted by Crippen LogP contribution is 2.33. The Labute approximate surface area is 177 Å². The van der Waals surface area contributed by atoms with Crippen molar-refractivity contribution < 1.29 is 24.2 Å². The molecule has 0 unspecified atom stereocenters. The summed E-state index contributed by atoms with van der Waals surface area (Å²) in [5.74, 6) is 0.0986. The van der Waals surface area contributed by atoms with Crippen molar-refractivity contribution in [1.82, 2.24) is 0 Å². The van der Waals surface area contributed by atoms with E-state index in [0.717, 1.165) is 11.1 Å². The number of aromatic hydroxyl groups is 1. The van der Waals surface area contributed by atoms with Gasteiger partial charge >= 0.3 is 5.97 Å². The third-order valence-electron chi connectivity index (χ3n) is 4.37. The Bertz CT molecular complexity index is 1080. The zero-order valence-corrected chi connectivity index (χ0v) is 16.9. The minimum Gasteiger partial charge on any atom is -0.508 e. The Hall–Kier alpha value is -2.89. The Kier molecular flexibility index (Phi) is 6.20. The molecule has 1 N–H and O–H groups in total. The highest BCUT2D eigenvalue weighted by molar-refractivity contribution is 6.33. The summed E-state index contributed by atoms with van der Waals surface area (Å²) in [7, 11) is 0. The number of benzene rings is 2. The molecule has 0 aliphatic heterocycles. The summed E-state index contributed by atoms with van der Waals surface area (Å²) in [4.78, 5) is 33.3. The number of ether oxygens (including phenoxy) is 1. The minimum atomic E-state index is -0.411. The molecule has 0 saturated heterocycles. The number of rotatable bonds is 1. The molecule has 0 saturated carbocycles. The summed E-state index contributed by atoms with van der Waals surface area (Å²) in [6.45, 7) is 1.32. The lowest BCUT2D eigenvalue weighted by atomic mass is 9.95. The van der Waals surface area contributed by atoms with Gasteiger partial charge in [-0.05, 0) is 48.6 Å². The first-order valence-electron chi connectivity index (χ1n) is 8.68. The van der Waals surface area contributed by atoms with Gasteiger partial charge in [0.25, 0.3) is 0 Å². The highest BCUT2D eigenvalue weighted by atomic mass is 35.5. The Balaban J connectivity index is 0.000000169. The summed E-state index contributed by atoms with van der Waals surface area (Å²) in [6.07, 6.45) is 6.70. The summed E-state index contributed by atoms with van der Waals surface area (Å²) >= 11 is 11.9. The monoisotopic (exact) mass is 430 g/mol. The van der Waals surface area contributed by atoms with E-state index in [1.807, 2.05) is 0 Å². The van der Waals surface area contributed by atoms with E-state index in [1.165, 1.54) is 25.1 Å². The zero-order chi connectivity index (χ0) is 21.1. The predicted molar refractivity (Wildman–Crippen MR) is 111 cm³/mol. The second-order valence-corrected chi connectivity index (χ2v) is 7.26. The Morgan fingerprint density at radius 3 is 1.97 bits per heavy atom. The van der Waals surface area contributed by atoms with E-state index in [1.54, 1.807) is 30.4 Å². The molecule has 2 aromatic carbocycles. The van der Waals surface area contributed by atoms with E-state index >= 15 is 0 Å². The van der Waals surface area contributed by atoms with E-state index in [2.05, 4.69) is 0 Å². The third-order valence-corrected chi connectivity index (χ3v) is 5.03. The number of carbonyl (C=O) groups excluding carboxylic acids is 3. The van der Waals surface area contributed by atoms with Gasteiger partial charge in [0, 0.05) is 52.1 Å². The number of phenolic OH excluding ortho intramolecular Hbond substituents is 1. The molecule has 0 bridgehead atoms. The maximum atomic E-state index is 11.3. The van der Waals surface area contributed by atoms with Crippen LogP contribution in [0.2, 0.25) is 10.0 Å². The van der Waals surface area contributed by atoms with Crippen LogP contribution in [0, 0.1) is 0 Å². The molecule has 5 nitrogen and oxygen atoms in total. The van der Waals surface area contributed by atoms with Gasteiger partial charge < -0.3 is 9.84 Å². The van der Waals surface area contributed by atoms with Crippen LogP contribution in [-0.4, -0.2) is 22.6 Å². The Morgan fingerprint density at radius 2 is 1.38 bits per heavy atom. The van der Waals surface area contributed by atoms with Crippen LogP contribution >= 0.6 is 23.2 Å². The lowest BCUT2D eigenvalue weighted by Crippen LogP contribution is -2.10. The summed E-state index contributed by atoms with van der Waals surface area (Å²) in [5, 5.41) is 10.6. The van der Waals surface area contributed by atoms with Gasteiger partial charge in [-0.1, -0.05) is 23.2 Å². The van der Waals surface area contributed by atoms with Crippen molar-refractivity contribution in [3.8, 4) is 11.5 Å². The molecule has 29 heavy (non-hydrogen) atoms. The molecule has 2 aliphatic rings. The normalized spacial score (nSPS) is 13.9. The highest BCUT2D eigenvalue weighted by Gasteiger charge is 2.19. The van der Waals surface area contributed by atoms with Crippen LogP contribution in [0.1, 0.15) is 29.2 Å².